The van der Waals surface area contributed by atoms with Crippen LogP contribution in [0.25, 0.3) is 11.3 Å². The van der Waals surface area contributed by atoms with Gasteiger partial charge in [-0.3, -0.25) is 4.79 Å². The summed E-state index contributed by atoms with van der Waals surface area (Å²) in [7, 11) is 0. The van der Waals surface area contributed by atoms with Crippen molar-refractivity contribution in [2.75, 3.05) is 32.8 Å². The summed E-state index contributed by atoms with van der Waals surface area (Å²) in [6, 6.07) is 10.2. The second kappa shape index (κ2) is 6.10. The minimum Gasteiger partial charge on any atom is -0.366 e. The first kappa shape index (κ1) is 14.3. The molecule has 2 aliphatic rings. The normalized spacial score (nSPS) is 21.9. The SMILES string of the molecule is O=C([C@H]1CNCCO1)N1CC(n2cc(-c3ccccc3)nn2)C1. The van der Waals surface area contributed by atoms with Crippen molar-refractivity contribution in [3.05, 3.63) is 36.5 Å². The second-order valence-corrected chi connectivity index (χ2v) is 5.91. The molecule has 1 N–H and O–H groups in total. The van der Waals surface area contributed by atoms with Crippen molar-refractivity contribution in [2.24, 2.45) is 0 Å². The Hall–Kier alpha value is -2.25. The highest BCUT2D eigenvalue weighted by Crippen LogP contribution is 2.24. The van der Waals surface area contributed by atoms with Crippen LogP contribution >= 0.6 is 0 Å². The lowest BCUT2D eigenvalue weighted by molar-refractivity contribution is -0.151. The van der Waals surface area contributed by atoms with Crippen LogP contribution in [-0.4, -0.2) is 64.7 Å². The van der Waals surface area contributed by atoms with Crippen molar-refractivity contribution < 1.29 is 9.53 Å². The molecule has 1 aromatic carbocycles. The van der Waals surface area contributed by atoms with E-state index < -0.39 is 0 Å². The van der Waals surface area contributed by atoms with Crippen LogP contribution in [0.1, 0.15) is 6.04 Å². The molecule has 7 nitrogen and oxygen atoms in total. The Kier molecular flexibility index (Phi) is 3.80. The summed E-state index contributed by atoms with van der Waals surface area (Å²) in [5.74, 6) is 0.0665. The Balaban J connectivity index is 1.37. The Labute approximate surface area is 134 Å². The summed E-state index contributed by atoms with van der Waals surface area (Å²) in [6.07, 6.45) is 1.60. The van der Waals surface area contributed by atoms with Crippen molar-refractivity contribution >= 4 is 5.91 Å². The first-order valence-electron chi connectivity index (χ1n) is 7.89. The van der Waals surface area contributed by atoms with E-state index in [0.717, 1.165) is 17.8 Å². The topological polar surface area (TPSA) is 72.3 Å². The fourth-order valence-electron chi connectivity index (χ4n) is 2.93. The molecule has 2 aliphatic heterocycles. The van der Waals surface area contributed by atoms with Gasteiger partial charge >= 0.3 is 0 Å². The minimum atomic E-state index is -0.347. The van der Waals surface area contributed by atoms with E-state index in [0.29, 0.717) is 26.2 Å². The van der Waals surface area contributed by atoms with Gasteiger partial charge in [-0.1, -0.05) is 35.5 Å². The van der Waals surface area contributed by atoms with Gasteiger partial charge in [0.2, 0.25) is 0 Å². The highest BCUT2D eigenvalue weighted by molar-refractivity contribution is 5.82. The molecular weight excluding hydrogens is 294 g/mol. The van der Waals surface area contributed by atoms with E-state index in [2.05, 4.69) is 15.6 Å². The Morgan fingerprint density at radius 3 is 2.83 bits per heavy atom. The predicted octanol–water partition coefficient (Wildman–Crippen LogP) is 0.317. The van der Waals surface area contributed by atoms with Crippen molar-refractivity contribution in [3.8, 4) is 11.3 Å². The number of aromatic nitrogens is 3. The fraction of sp³-hybridized carbons (Fsp3) is 0.438. The number of nitrogens with one attached hydrogen (secondary N) is 1. The third-order valence-corrected chi connectivity index (χ3v) is 4.33. The summed E-state index contributed by atoms with van der Waals surface area (Å²) in [4.78, 5) is 14.1. The van der Waals surface area contributed by atoms with Crippen LogP contribution < -0.4 is 5.32 Å². The molecule has 2 fully saturated rings. The number of carbonyl (C=O) groups is 1. The molecule has 2 aromatic rings. The maximum Gasteiger partial charge on any atom is 0.253 e. The van der Waals surface area contributed by atoms with Crippen LogP contribution in [0.15, 0.2) is 36.5 Å². The van der Waals surface area contributed by atoms with Gasteiger partial charge in [0.05, 0.1) is 18.8 Å². The molecule has 0 saturated carbocycles. The fourth-order valence-corrected chi connectivity index (χ4v) is 2.93. The van der Waals surface area contributed by atoms with Crippen LogP contribution in [0, 0.1) is 0 Å². The van der Waals surface area contributed by atoms with E-state index >= 15 is 0 Å². The van der Waals surface area contributed by atoms with Crippen molar-refractivity contribution in [3.63, 3.8) is 0 Å². The maximum atomic E-state index is 12.3. The van der Waals surface area contributed by atoms with Gasteiger partial charge in [-0.05, 0) is 0 Å². The molecule has 1 aromatic heterocycles. The molecule has 7 heteroatoms. The Morgan fingerprint density at radius 1 is 1.26 bits per heavy atom. The van der Waals surface area contributed by atoms with E-state index in [1.165, 1.54) is 0 Å². The van der Waals surface area contributed by atoms with Gasteiger partial charge in [0.25, 0.3) is 5.91 Å². The molecule has 1 amide bonds. The Morgan fingerprint density at radius 2 is 2.09 bits per heavy atom. The number of hydrogen-bond donors (Lipinski definition) is 1. The average molecular weight is 313 g/mol. The number of morpholine rings is 1. The van der Waals surface area contributed by atoms with Gasteiger partial charge in [0, 0.05) is 31.7 Å². The molecule has 1 atom stereocenters. The van der Waals surface area contributed by atoms with E-state index in [-0.39, 0.29) is 18.1 Å². The third kappa shape index (κ3) is 2.85. The van der Waals surface area contributed by atoms with Gasteiger partial charge in [-0.25, -0.2) is 4.68 Å². The number of likely N-dealkylation sites (tertiary alicyclic amines) is 1. The molecule has 0 spiro atoms. The van der Waals surface area contributed by atoms with E-state index in [9.17, 15) is 4.79 Å². The summed E-state index contributed by atoms with van der Waals surface area (Å²) < 4.78 is 7.36. The number of amides is 1. The number of benzene rings is 1. The lowest BCUT2D eigenvalue weighted by atomic mass is 10.1. The highest BCUT2D eigenvalue weighted by atomic mass is 16.5. The lowest BCUT2D eigenvalue weighted by Crippen LogP contribution is -2.57. The second-order valence-electron chi connectivity index (χ2n) is 5.91. The smallest absolute Gasteiger partial charge is 0.253 e. The molecule has 2 saturated heterocycles. The first-order chi connectivity index (χ1) is 11.3. The van der Waals surface area contributed by atoms with E-state index in [1.54, 1.807) is 0 Å². The average Bonchev–Trinajstić information content (AvgIpc) is 3.05. The Bertz CT molecular complexity index is 675. The van der Waals surface area contributed by atoms with Gasteiger partial charge in [0.15, 0.2) is 0 Å². The summed E-state index contributed by atoms with van der Waals surface area (Å²) in [5.41, 5.74) is 1.91. The zero-order chi connectivity index (χ0) is 15.6. The van der Waals surface area contributed by atoms with Crippen molar-refractivity contribution in [2.45, 2.75) is 12.1 Å². The van der Waals surface area contributed by atoms with E-state index in [1.807, 2.05) is 46.1 Å². The lowest BCUT2D eigenvalue weighted by Gasteiger charge is -2.41. The molecule has 0 bridgehead atoms. The van der Waals surface area contributed by atoms with Gasteiger partial charge in [-0.15, -0.1) is 5.10 Å². The zero-order valence-corrected chi connectivity index (χ0v) is 12.8. The number of rotatable bonds is 3. The summed E-state index contributed by atoms with van der Waals surface area (Å²) >= 11 is 0. The number of hydrogen-bond acceptors (Lipinski definition) is 5. The number of ether oxygens (including phenoxy) is 1. The third-order valence-electron chi connectivity index (χ3n) is 4.33. The molecule has 0 radical (unpaired) electrons. The predicted molar refractivity (Wildman–Crippen MR) is 83.7 cm³/mol. The molecule has 0 unspecified atom stereocenters. The molecule has 4 rings (SSSR count). The van der Waals surface area contributed by atoms with Crippen LogP contribution in [0.3, 0.4) is 0 Å². The minimum absolute atomic E-state index is 0.0665. The molecule has 0 aliphatic carbocycles. The first-order valence-corrected chi connectivity index (χ1v) is 7.89. The van der Waals surface area contributed by atoms with Gasteiger partial charge in [-0.2, -0.15) is 0 Å². The van der Waals surface area contributed by atoms with Crippen LogP contribution in [-0.2, 0) is 9.53 Å². The summed E-state index contributed by atoms with van der Waals surface area (Å²) in [6.45, 7) is 3.33. The van der Waals surface area contributed by atoms with Crippen molar-refractivity contribution in [1.29, 1.82) is 0 Å². The van der Waals surface area contributed by atoms with Gasteiger partial charge in [0.1, 0.15) is 11.8 Å². The highest BCUT2D eigenvalue weighted by Gasteiger charge is 2.37. The zero-order valence-electron chi connectivity index (χ0n) is 12.8. The maximum absolute atomic E-state index is 12.3. The largest absolute Gasteiger partial charge is 0.366 e. The van der Waals surface area contributed by atoms with Crippen LogP contribution in [0.5, 0.6) is 0 Å². The number of nitrogens with zero attached hydrogens (tertiary/aromatic N) is 4. The number of carbonyl (C=O) groups excluding carboxylic acids is 1. The standard InChI is InChI=1S/C16H19N5O2/c22-16(15-8-17-6-7-23-15)20-9-13(10-20)21-11-14(18-19-21)12-4-2-1-3-5-12/h1-5,11,13,15,17H,6-10H2/t15-/m1/s1. The van der Waals surface area contributed by atoms with Crippen LogP contribution in [0.2, 0.25) is 0 Å². The molecule has 23 heavy (non-hydrogen) atoms. The van der Waals surface area contributed by atoms with E-state index in [4.69, 9.17) is 4.74 Å². The summed E-state index contributed by atoms with van der Waals surface area (Å²) in [5, 5.41) is 11.6. The monoisotopic (exact) mass is 313 g/mol. The molecule has 3 heterocycles. The van der Waals surface area contributed by atoms with Crippen molar-refractivity contribution in [1.82, 2.24) is 25.2 Å². The van der Waals surface area contributed by atoms with Gasteiger partial charge < -0.3 is 15.0 Å². The molecular formula is C16H19N5O2. The molecule has 120 valence electrons. The quantitative estimate of drug-likeness (QED) is 0.883. The van der Waals surface area contributed by atoms with Crippen LogP contribution in [0.4, 0.5) is 0 Å².